The third-order valence-corrected chi connectivity index (χ3v) is 18.3. The number of hydrogen-bond acceptors (Lipinski definition) is 10. The summed E-state index contributed by atoms with van der Waals surface area (Å²) in [6.45, 7) is 8.99. The molecule has 0 N–H and O–H groups in total. The second-order valence-corrected chi connectivity index (χ2v) is 26.8. The molecule has 294 valence electrons. The summed E-state index contributed by atoms with van der Waals surface area (Å²) >= 11 is 29.1. The Morgan fingerprint density at radius 2 is 1.00 bits per heavy atom. The first-order valence-corrected chi connectivity index (χ1v) is 26.1. The number of rotatable bonds is 20. The SMILES string of the molecule is CCC(C)(Oc1ccc(/C=N/N(C)[P+](=S)C(C)(CC)Oc2ccc(/C=N/N(C)P(=S)(Cl)Cl)cc2)cc1)[P+](=S)N(C)/N=C/c1ccc(OC(C)(C)N=[N+]=[N-])cc1. The third-order valence-electron chi connectivity index (χ3n) is 8.07. The van der Waals surface area contributed by atoms with Crippen LogP contribution < -0.4 is 14.2 Å². The van der Waals surface area contributed by atoms with Gasteiger partial charge in [0.25, 0.3) is 10.7 Å². The van der Waals surface area contributed by atoms with Gasteiger partial charge in [-0.3, -0.25) is 0 Å². The van der Waals surface area contributed by atoms with E-state index in [0.717, 1.165) is 16.7 Å². The number of hydrogen-bond donors (Lipinski definition) is 0. The lowest BCUT2D eigenvalue weighted by molar-refractivity contribution is 0.117. The fourth-order valence-electron chi connectivity index (χ4n) is 4.50. The Kier molecular flexibility index (Phi) is 17.3. The zero-order valence-electron chi connectivity index (χ0n) is 32.1. The predicted molar refractivity (Wildman–Crippen MR) is 242 cm³/mol. The van der Waals surface area contributed by atoms with Gasteiger partial charge in [-0.15, -0.1) is 19.8 Å². The van der Waals surface area contributed by atoms with Crippen molar-refractivity contribution in [1.82, 2.24) is 14.3 Å². The first-order valence-electron chi connectivity index (χ1n) is 16.9. The number of azide groups is 1. The Hall–Kier alpha value is -2.95. The van der Waals surface area contributed by atoms with Crippen molar-refractivity contribution in [2.24, 2.45) is 20.4 Å². The molecular formula is C35H46Cl2N9O3P3S3+2. The minimum atomic E-state index is -2.68. The first-order chi connectivity index (χ1) is 25.7. The van der Waals surface area contributed by atoms with E-state index in [4.69, 9.17) is 77.6 Å². The lowest BCUT2D eigenvalue weighted by atomic mass is 10.2. The molecule has 3 aromatic carbocycles. The van der Waals surface area contributed by atoms with Gasteiger partial charge in [0, 0.05) is 38.6 Å². The maximum absolute atomic E-state index is 8.73. The number of ether oxygens (including phenoxy) is 3. The van der Waals surface area contributed by atoms with E-state index in [1.165, 1.54) is 4.78 Å². The van der Waals surface area contributed by atoms with Crippen LogP contribution in [0.15, 0.2) is 93.2 Å². The average Bonchev–Trinajstić information content (AvgIpc) is 3.15. The highest BCUT2D eigenvalue weighted by atomic mass is 35.9. The summed E-state index contributed by atoms with van der Waals surface area (Å²) in [7, 11) is 5.37. The van der Waals surface area contributed by atoms with Crippen LogP contribution in [0.4, 0.5) is 0 Å². The van der Waals surface area contributed by atoms with Crippen molar-refractivity contribution < 1.29 is 14.2 Å². The molecule has 0 fully saturated rings. The lowest BCUT2D eigenvalue weighted by Gasteiger charge is -2.23. The van der Waals surface area contributed by atoms with E-state index in [0.29, 0.717) is 30.1 Å². The largest absolute Gasteiger partial charge is 0.482 e. The first kappa shape index (κ1) is 46.4. The van der Waals surface area contributed by atoms with E-state index in [-0.39, 0.29) is 0 Å². The fourth-order valence-corrected chi connectivity index (χ4v) is 8.71. The van der Waals surface area contributed by atoms with Gasteiger partial charge in [0.2, 0.25) is 4.89 Å². The van der Waals surface area contributed by atoms with Crippen LogP contribution >= 0.6 is 41.1 Å². The zero-order chi connectivity index (χ0) is 41.0. The monoisotopic (exact) mass is 899 g/mol. The summed E-state index contributed by atoms with van der Waals surface area (Å²) in [5.74, 6) is 1.96. The summed E-state index contributed by atoms with van der Waals surface area (Å²) < 4.78 is 23.6. The van der Waals surface area contributed by atoms with Crippen molar-refractivity contribution >= 4 is 95.1 Å². The molecule has 0 saturated heterocycles. The predicted octanol–water partition coefficient (Wildman–Crippen LogP) is 11.7. The number of halogens is 2. The van der Waals surface area contributed by atoms with Crippen molar-refractivity contribution in [3.8, 4) is 17.2 Å². The van der Waals surface area contributed by atoms with Crippen molar-refractivity contribution in [3.05, 3.63) is 99.9 Å². The van der Waals surface area contributed by atoms with Crippen LogP contribution in [0.3, 0.4) is 0 Å². The van der Waals surface area contributed by atoms with E-state index in [1.807, 2.05) is 95.5 Å². The zero-order valence-corrected chi connectivity index (χ0v) is 38.8. The molecule has 20 heteroatoms. The highest BCUT2D eigenvalue weighted by Crippen LogP contribution is 2.59. The summed E-state index contributed by atoms with van der Waals surface area (Å²) in [5, 5.41) is 15.9. The minimum absolute atomic E-state index is 0.581. The second-order valence-electron chi connectivity index (χ2n) is 12.9. The summed E-state index contributed by atoms with van der Waals surface area (Å²) in [5.41, 5.74) is 10.3. The maximum atomic E-state index is 8.73. The van der Waals surface area contributed by atoms with E-state index in [2.05, 4.69) is 32.3 Å². The smallest absolute Gasteiger partial charge is 0.358 e. The van der Waals surface area contributed by atoms with Gasteiger partial charge in [0.15, 0.2) is 29.3 Å². The fraction of sp³-hybridized carbons (Fsp3) is 0.400. The van der Waals surface area contributed by atoms with Crippen LogP contribution in [0.2, 0.25) is 0 Å². The van der Waals surface area contributed by atoms with E-state index in [9.17, 15) is 0 Å². The molecule has 12 nitrogen and oxygen atoms in total. The van der Waals surface area contributed by atoms with E-state index in [1.54, 1.807) is 61.2 Å². The van der Waals surface area contributed by atoms with Crippen LogP contribution in [0, 0.1) is 0 Å². The normalized spacial score (nSPS) is 14.8. The average molecular weight is 901 g/mol. The summed E-state index contributed by atoms with van der Waals surface area (Å²) in [6.07, 6.45) is 6.52. The molecule has 0 radical (unpaired) electrons. The highest BCUT2D eigenvalue weighted by molar-refractivity contribution is 8.37. The molecule has 0 spiro atoms. The van der Waals surface area contributed by atoms with Crippen LogP contribution in [0.1, 0.15) is 71.1 Å². The van der Waals surface area contributed by atoms with Crippen LogP contribution in [-0.2, 0) is 35.4 Å². The summed E-state index contributed by atoms with van der Waals surface area (Å²) in [6, 6.07) is 22.5. The molecule has 0 aliphatic rings. The van der Waals surface area contributed by atoms with Gasteiger partial charge in [-0.25, -0.2) is 4.78 Å². The third kappa shape index (κ3) is 14.2. The molecule has 0 saturated carbocycles. The van der Waals surface area contributed by atoms with Crippen molar-refractivity contribution in [2.75, 3.05) is 21.1 Å². The number of nitrogens with zero attached hydrogens (tertiary/aromatic N) is 9. The van der Waals surface area contributed by atoms with Crippen LogP contribution in [0.5, 0.6) is 17.2 Å². The molecule has 0 aromatic heterocycles. The van der Waals surface area contributed by atoms with Crippen molar-refractivity contribution in [3.63, 3.8) is 0 Å². The minimum Gasteiger partial charge on any atom is -0.482 e. The molecule has 55 heavy (non-hydrogen) atoms. The maximum Gasteiger partial charge on any atom is 0.358 e. The van der Waals surface area contributed by atoms with Gasteiger partial charge in [-0.2, -0.15) is 5.10 Å². The van der Waals surface area contributed by atoms with Gasteiger partial charge in [-0.1, -0.05) is 13.8 Å². The molecule has 0 amide bonds. The topological polar surface area (TPSA) is 123 Å². The van der Waals surface area contributed by atoms with Crippen LogP contribution in [0.25, 0.3) is 10.4 Å². The quantitative estimate of drug-likeness (QED) is 0.0272. The van der Waals surface area contributed by atoms with Crippen LogP contribution in [-0.4, -0.2) is 70.5 Å². The Morgan fingerprint density at radius 3 is 1.31 bits per heavy atom. The second kappa shape index (κ2) is 20.5. The molecule has 0 heterocycles. The molecule has 3 aromatic rings. The van der Waals surface area contributed by atoms with Gasteiger partial charge >= 0.3 is 13.7 Å². The Bertz CT molecular complexity index is 1980. The number of benzene rings is 3. The Balaban J connectivity index is 1.60. The molecular weight excluding hydrogens is 854 g/mol. The van der Waals surface area contributed by atoms with E-state index < -0.39 is 35.0 Å². The molecule has 4 unspecified atom stereocenters. The Morgan fingerprint density at radius 1 is 0.673 bits per heavy atom. The van der Waals surface area contributed by atoms with Gasteiger partial charge in [0.05, 0.1) is 32.7 Å². The summed E-state index contributed by atoms with van der Waals surface area (Å²) in [4.78, 5) is 0.151. The highest BCUT2D eigenvalue weighted by Gasteiger charge is 2.46. The molecule has 3 rings (SSSR count). The molecule has 0 bridgehead atoms. The van der Waals surface area contributed by atoms with Gasteiger partial charge in [-0.05, 0) is 148 Å². The molecule has 0 aliphatic carbocycles. The van der Waals surface area contributed by atoms with Crippen molar-refractivity contribution in [2.45, 2.75) is 70.8 Å². The van der Waals surface area contributed by atoms with Gasteiger partial charge < -0.3 is 14.2 Å². The standard InChI is InChI=1S/C35H46Cl2N9O3P3S3/c1-10-34(5,50(53)44(7)39-24-27-12-18-30(19-13-27)47-33(3,4)42-43-38)48-31-20-14-28(15-21-31)25-40-45(8)51(54)35(6,11-2)49-32-22-16-29(17-23-32)26-41-46(9)52(36,37)55/h12-26H,10-11H2,1-9H3/q+2/b39-24+,40-25+,41-26+. The van der Waals surface area contributed by atoms with Crippen molar-refractivity contribution in [1.29, 1.82) is 0 Å². The van der Waals surface area contributed by atoms with E-state index >= 15 is 0 Å². The molecule has 0 aliphatic heterocycles. The Labute approximate surface area is 351 Å². The number of hydrazone groups is 3. The molecule has 4 atom stereocenters. The van der Waals surface area contributed by atoms with Gasteiger partial charge in [0.1, 0.15) is 17.2 Å². The lowest BCUT2D eigenvalue weighted by Crippen LogP contribution is -2.30.